The van der Waals surface area contributed by atoms with Crippen molar-refractivity contribution < 1.29 is 14.2 Å². The number of hydrogen-bond donors (Lipinski definition) is 0. The zero-order valence-electron chi connectivity index (χ0n) is 11.6. The zero-order valence-corrected chi connectivity index (χ0v) is 13.2. The lowest BCUT2D eigenvalue weighted by Gasteiger charge is -2.31. The van der Waals surface area contributed by atoms with Crippen LogP contribution in [0.4, 0.5) is 0 Å². The van der Waals surface area contributed by atoms with E-state index in [2.05, 4.69) is 15.9 Å². The average Bonchev–Trinajstić information content (AvgIpc) is 2.64. The van der Waals surface area contributed by atoms with Crippen molar-refractivity contribution in [3.05, 3.63) is 0 Å². The van der Waals surface area contributed by atoms with Crippen LogP contribution in [-0.4, -0.2) is 44.5 Å². The summed E-state index contributed by atoms with van der Waals surface area (Å²) in [5.41, 5.74) is 0.0863. The highest BCUT2D eigenvalue weighted by atomic mass is 79.9. The SMILES string of the molecule is COCCOCCCOC1(CBr)CCCCCC1. The van der Waals surface area contributed by atoms with Gasteiger partial charge in [0, 0.05) is 25.7 Å². The van der Waals surface area contributed by atoms with Gasteiger partial charge in [0.15, 0.2) is 0 Å². The van der Waals surface area contributed by atoms with Crippen LogP contribution in [0.3, 0.4) is 0 Å². The fourth-order valence-corrected chi connectivity index (χ4v) is 3.11. The van der Waals surface area contributed by atoms with Crippen LogP contribution < -0.4 is 0 Å². The van der Waals surface area contributed by atoms with E-state index in [9.17, 15) is 0 Å². The van der Waals surface area contributed by atoms with Gasteiger partial charge in [-0.2, -0.15) is 0 Å². The minimum Gasteiger partial charge on any atom is -0.382 e. The molecule has 0 aromatic carbocycles. The molecule has 1 aliphatic carbocycles. The molecule has 0 bridgehead atoms. The van der Waals surface area contributed by atoms with Gasteiger partial charge in [0.05, 0.1) is 18.8 Å². The Balaban J connectivity index is 2.10. The summed E-state index contributed by atoms with van der Waals surface area (Å²) in [4.78, 5) is 0. The van der Waals surface area contributed by atoms with E-state index < -0.39 is 0 Å². The Bertz CT molecular complexity index is 191. The smallest absolute Gasteiger partial charge is 0.0778 e. The molecule has 1 rings (SSSR count). The van der Waals surface area contributed by atoms with Gasteiger partial charge in [0.25, 0.3) is 0 Å². The summed E-state index contributed by atoms with van der Waals surface area (Å²) in [6.07, 6.45) is 8.69. The van der Waals surface area contributed by atoms with Crippen LogP contribution in [-0.2, 0) is 14.2 Å². The van der Waals surface area contributed by atoms with Crippen molar-refractivity contribution in [2.75, 3.05) is 38.9 Å². The molecule has 0 spiro atoms. The van der Waals surface area contributed by atoms with Crippen molar-refractivity contribution in [3.63, 3.8) is 0 Å². The third kappa shape index (κ3) is 6.50. The standard InChI is InChI=1S/C14H27BrO3/c1-16-11-12-17-9-6-10-18-14(13-15)7-4-2-3-5-8-14/h2-13H2,1H3. The second-order valence-corrected chi connectivity index (χ2v) is 5.60. The van der Waals surface area contributed by atoms with Crippen LogP contribution in [0.15, 0.2) is 0 Å². The fourth-order valence-electron chi connectivity index (χ4n) is 2.38. The molecule has 0 N–H and O–H groups in total. The lowest BCUT2D eigenvalue weighted by Crippen LogP contribution is -2.34. The molecule has 0 aromatic heterocycles. The first-order valence-electron chi connectivity index (χ1n) is 7.09. The van der Waals surface area contributed by atoms with E-state index in [1.165, 1.54) is 38.5 Å². The largest absolute Gasteiger partial charge is 0.382 e. The van der Waals surface area contributed by atoms with E-state index in [1.807, 2.05) is 0 Å². The van der Waals surface area contributed by atoms with Crippen LogP contribution in [0.2, 0.25) is 0 Å². The maximum atomic E-state index is 6.15. The molecule has 0 unspecified atom stereocenters. The number of hydrogen-bond acceptors (Lipinski definition) is 3. The number of methoxy groups -OCH3 is 1. The van der Waals surface area contributed by atoms with Gasteiger partial charge in [-0.15, -0.1) is 0 Å². The molecule has 0 amide bonds. The highest BCUT2D eigenvalue weighted by Crippen LogP contribution is 2.32. The molecule has 1 aliphatic rings. The minimum atomic E-state index is 0.0863. The molecule has 4 heteroatoms. The van der Waals surface area contributed by atoms with E-state index in [0.717, 1.165) is 25.0 Å². The molecule has 1 fully saturated rings. The molecule has 0 heterocycles. The summed E-state index contributed by atoms with van der Waals surface area (Å²) >= 11 is 3.63. The predicted octanol–water partition coefficient (Wildman–Crippen LogP) is 3.54. The second kappa shape index (κ2) is 10.2. The van der Waals surface area contributed by atoms with E-state index >= 15 is 0 Å². The fraction of sp³-hybridized carbons (Fsp3) is 1.00. The highest BCUT2D eigenvalue weighted by Gasteiger charge is 2.30. The van der Waals surface area contributed by atoms with E-state index in [0.29, 0.717) is 13.2 Å². The molecule has 0 atom stereocenters. The van der Waals surface area contributed by atoms with Gasteiger partial charge in [-0.25, -0.2) is 0 Å². The summed E-state index contributed by atoms with van der Waals surface area (Å²) in [6.45, 7) is 2.92. The highest BCUT2D eigenvalue weighted by molar-refractivity contribution is 9.09. The van der Waals surface area contributed by atoms with E-state index in [4.69, 9.17) is 14.2 Å². The summed E-state index contributed by atoms with van der Waals surface area (Å²) in [7, 11) is 1.69. The van der Waals surface area contributed by atoms with Gasteiger partial charge in [0.1, 0.15) is 0 Å². The van der Waals surface area contributed by atoms with Crippen molar-refractivity contribution in [2.45, 2.75) is 50.5 Å². The Morgan fingerprint density at radius 3 is 2.28 bits per heavy atom. The lowest BCUT2D eigenvalue weighted by atomic mass is 9.97. The third-order valence-corrected chi connectivity index (χ3v) is 4.55. The quantitative estimate of drug-likeness (QED) is 0.369. The Kier molecular flexibility index (Phi) is 9.29. The van der Waals surface area contributed by atoms with Gasteiger partial charge in [-0.05, 0) is 19.3 Å². The number of ether oxygens (including phenoxy) is 3. The third-order valence-electron chi connectivity index (χ3n) is 3.53. The number of rotatable bonds is 9. The van der Waals surface area contributed by atoms with Crippen molar-refractivity contribution in [3.8, 4) is 0 Å². The maximum absolute atomic E-state index is 6.15. The van der Waals surface area contributed by atoms with Crippen LogP contribution in [0, 0.1) is 0 Å². The van der Waals surface area contributed by atoms with Gasteiger partial charge < -0.3 is 14.2 Å². The van der Waals surface area contributed by atoms with Crippen molar-refractivity contribution in [1.82, 2.24) is 0 Å². The molecule has 108 valence electrons. The molecule has 18 heavy (non-hydrogen) atoms. The molecule has 3 nitrogen and oxygen atoms in total. The summed E-state index contributed by atoms with van der Waals surface area (Å²) < 4.78 is 16.5. The topological polar surface area (TPSA) is 27.7 Å². The van der Waals surface area contributed by atoms with Gasteiger partial charge in [-0.1, -0.05) is 41.6 Å². The first-order valence-corrected chi connectivity index (χ1v) is 8.22. The Morgan fingerprint density at radius 2 is 1.67 bits per heavy atom. The Morgan fingerprint density at radius 1 is 0.944 bits per heavy atom. The number of alkyl halides is 1. The van der Waals surface area contributed by atoms with E-state index in [1.54, 1.807) is 7.11 Å². The monoisotopic (exact) mass is 322 g/mol. The molecule has 0 aliphatic heterocycles. The van der Waals surface area contributed by atoms with Gasteiger partial charge in [0.2, 0.25) is 0 Å². The minimum absolute atomic E-state index is 0.0863. The average molecular weight is 323 g/mol. The van der Waals surface area contributed by atoms with Gasteiger partial charge in [-0.3, -0.25) is 0 Å². The zero-order chi connectivity index (χ0) is 13.1. The normalized spacial score (nSPS) is 19.7. The molecule has 0 saturated heterocycles. The Hall–Kier alpha value is 0.360. The van der Waals surface area contributed by atoms with Crippen LogP contribution in [0.25, 0.3) is 0 Å². The van der Waals surface area contributed by atoms with Crippen LogP contribution >= 0.6 is 15.9 Å². The van der Waals surface area contributed by atoms with Gasteiger partial charge >= 0.3 is 0 Å². The van der Waals surface area contributed by atoms with Crippen molar-refractivity contribution in [2.24, 2.45) is 0 Å². The molecular formula is C14H27BrO3. The molecule has 0 radical (unpaired) electrons. The maximum Gasteiger partial charge on any atom is 0.0778 e. The predicted molar refractivity (Wildman–Crippen MR) is 77.5 cm³/mol. The molecular weight excluding hydrogens is 296 g/mol. The summed E-state index contributed by atoms with van der Waals surface area (Å²) in [6, 6.07) is 0. The first kappa shape index (κ1) is 16.4. The van der Waals surface area contributed by atoms with Crippen LogP contribution in [0.1, 0.15) is 44.9 Å². The van der Waals surface area contributed by atoms with Crippen LogP contribution in [0.5, 0.6) is 0 Å². The first-order chi connectivity index (χ1) is 8.83. The lowest BCUT2D eigenvalue weighted by molar-refractivity contribution is -0.0462. The molecule has 0 aromatic rings. The summed E-state index contributed by atoms with van der Waals surface area (Å²) in [5, 5.41) is 0.963. The summed E-state index contributed by atoms with van der Waals surface area (Å²) in [5.74, 6) is 0. The Labute approximate surface area is 120 Å². The van der Waals surface area contributed by atoms with Crippen molar-refractivity contribution >= 4 is 15.9 Å². The number of halogens is 1. The van der Waals surface area contributed by atoms with Crippen molar-refractivity contribution in [1.29, 1.82) is 0 Å². The second-order valence-electron chi connectivity index (χ2n) is 5.04. The van der Waals surface area contributed by atoms with E-state index in [-0.39, 0.29) is 5.60 Å². The molecule has 1 saturated carbocycles.